The van der Waals surface area contributed by atoms with E-state index in [4.69, 9.17) is 4.74 Å². The van der Waals surface area contributed by atoms with Crippen LogP contribution in [0.1, 0.15) is 47.5 Å². The lowest BCUT2D eigenvalue weighted by molar-refractivity contribution is -0.138. The smallest absolute Gasteiger partial charge is 0.243 e. The summed E-state index contributed by atoms with van der Waals surface area (Å²) in [5.41, 5.74) is -0.147. The van der Waals surface area contributed by atoms with Crippen LogP contribution in [0, 0.1) is 0 Å². The maximum Gasteiger partial charge on any atom is 0.243 e. The molecule has 3 aliphatic heterocycles. The Morgan fingerprint density at radius 2 is 2.00 bits per heavy atom. The second kappa shape index (κ2) is 6.74. The summed E-state index contributed by atoms with van der Waals surface area (Å²) in [4.78, 5) is 29.0. The van der Waals surface area contributed by atoms with Crippen molar-refractivity contribution < 1.29 is 14.3 Å². The predicted octanol–water partition coefficient (Wildman–Crippen LogP) is 1.44. The van der Waals surface area contributed by atoms with E-state index < -0.39 is 0 Å². The number of hydrogen-bond acceptors (Lipinski definition) is 5. The van der Waals surface area contributed by atoms with Gasteiger partial charge in [0.1, 0.15) is 6.04 Å². The molecule has 2 amide bonds. The van der Waals surface area contributed by atoms with E-state index in [1.54, 1.807) is 11.8 Å². The van der Waals surface area contributed by atoms with E-state index in [0.29, 0.717) is 18.7 Å². The lowest BCUT2D eigenvalue weighted by atomic mass is 10.00. The van der Waals surface area contributed by atoms with E-state index in [9.17, 15) is 9.59 Å². The average molecular weight is 370 g/mol. The SMILES string of the molecule is C[C@@H]1CN(C(C)(C)CNC(=O)[C@@H]2CS[C@]3(C)CCC(=O)N23)C[C@H](C)O1. The summed E-state index contributed by atoms with van der Waals surface area (Å²) >= 11 is 1.73. The molecule has 6 nitrogen and oxygen atoms in total. The van der Waals surface area contributed by atoms with Gasteiger partial charge in [-0.15, -0.1) is 11.8 Å². The van der Waals surface area contributed by atoms with Gasteiger partial charge in [-0.3, -0.25) is 14.5 Å². The van der Waals surface area contributed by atoms with Crippen LogP contribution in [-0.2, 0) is 14.3 Å². The lowest BCUT2D eigenvalue weighted by Crippen LogP contribution is -2.60. The monoisotopic (exact) mass is 369 g/mol. The molecule has 0 saturated carbocycles. The van der Waals surface area contributed by atoms with Crippen LogP contribution >= 0.6 is 11.8 Å². The number of nitrogens with zero attached hydrogens (tertiary/aromatic N) is 2. The molecule has 0 aromatic rings. The zero-order chi connectivity index (χ0) is 18.4. The van der Waals surface area contributed by atoms with Gasteiger partial charge in [0.05, 0.1) is 17.1 Å². The summed E-state index contributed by atoms with van der Waals surface area (Å²) in [5.74, 6) is 0.789. The number of hydrogen-bond donors (Lipinski definition) is 1. The minimum absolute atomic E-state index is 0.0195. The highest BCUT2D eigenvalue weighted by Gasteiger charge is 2.53. The Balaban J connectivity index is 1.59. The Kier molecular flexibility index (Phi) is 5.12. The third-order valence-electron chi connectivity index (χ3n) is 5.72. The topological polar surface area (TPSA) is 61.9 Å². The van der Waals surface area contributed by atoms with Crippen molar-refractivity contribution >= 4 is 23.6 Å². The molecule has 0 bridgehead atoms. The molecule has 3 aliphatic rings. The quantitative estimate of drug-likeness (QED) is 0.813. The van der Waals surface area contributed by atoms with Crippen molar-refractivity contribution in [1.82, 2.24) is 15.1 Å². The number of rotatable bonds is 4. The zero-order valence-electron chi connectivity index (χ0n) is 16.0. The van der Waals surface area contributed by atoms with Gasteiger partial charge in [-0.1, -0.05) is 0 Å². The summed E-state index contributed by atoms with van der Waals surface area (Å²) in [5, 5.41) is 3.11. The Bertz CT molecular complexity index is 546. The van der Waals surface area contributed by atoms with Crippen LogP contribution in [0.2, 0.25) is 0 Å². The van der Waals surface area contributed by atoms with Crippen molar-refractivity contribution in [1.29, 1.82) is 0 Å². The van der Waals surface area contributed by atoms with Gasteiger partial charge in [0.25, 0.3) is 0 Å². The summed E-state index contributed by atoms with van der Waals surface area (Å²) in [6.45, 7) is 12.9. The minimum atomic E-state index is -0.330. The first-order valence-corrected chi connectivity index (χ1v) is 10.3. The van der Waals surface area contributed by atoms with E-state index >= 15 is 0 Å². The summed E-state index contributed by atoms with van der Waals surface area (Å²) < 4.78 is 5.81. The number of thioether (sulfide) groups is 1. The van der Waals surface area contributed by atoms with E-state index in [1.807, 2.05) is 4.90 Å². The molecule has 4 atom stereocenters. The molecule has 0 aromatic heterocycles. The van der Waals surface area contributed by atoms with E-state index in [1.165, 1.54) is 0 Å². The molecule has 0 aliphatic carbocycles. The number of carbonyl (C=O) groups excluding carboxylic acids is 2. The number of nitrogens with one attached hydrogen (secondary N) is 1. The first kappa shape index (κ1) is 19.0. The molecule has 3 rings (SSSR count). The zero-order valence-corrected chi connectivity index (χ0v) is 16.8. The highest BCUT2D eigenvalue weighted by molar-refractivity contribution is 8.01. The fourth-order valence-corrected chi connectivity index (χ4v) is 5.65. The molecule has 25 heavy (non-hydrogen) atoms. The van der Waals surface area contributed by atoms with E-state index in [2.05, 4.69) is 44.8 Å². The number of ether oxygens (including phenoxy) is 1. The van der Waals surface area contributed by atoms with Crippen LogP contribution < -0.4 is 5.32 Å². The Morgan fingerprint density at radius 3 is 2.64 bits per heavy atom. The fraction of sp³-hybridized carbons (Fsp3) is 0.889. The third kappa shape index (κ3) is 3.69. The van der Waals surface area contributed by atoms with Gasteiger partial charge in [0.15, 0.2) is 0 Å². The molecule has 142 valence electrons. The second-order valence-corrected chi connectivity index (χ2v) is 9.96. The van der Waals surface area contributed by atoms with Crippen LogP contribution in [-0.4, -0.2) is 75.7 Å². The maximum atomic E-state index is 12.8. The molecule has 3 heterocycles. The van der Waals surface area contributed by atoms with Crippen LogP contribution in [0.5, 0.6) is 0 Å². The minimum Gasteiger partial charge on any atom is -0.373 e. The average Bonchev–Trinajstić information content (AvgIpc) is 3.01. The normalized spacial score (nSPS) is 36.6. The van der Waals surface area contributed by atoms with Gasteiger partial charge in [0, 0.05) is 37.3 Å². The Morgan fingerprint density at radius 1 is 1.36 bits per heavy atom. The lowest BCUT2D eigenvalue weighted by Gasteiger charge is -2.45. The van der Waals surface area contributed by atoms with Crippen LogP contribution in [0.3, 0.4) is 0 Å². The summed E-state index contributed by atoms with van der Waals surface area (Å²) in [6, 6.07) is -0.330. The summed E-state index contributed by atoms with van der Waals surface area (Å²) in [6.07, 6.45) is 1.80. The predicted molar refractivity (Wildman–Crippen MR) is 99.4 cm³/mol. The van der Waals surface area contributed by atoms with Gasteiger partial charge in [-0.25, -0.2) is 0 Å². The molecule has 3 fully saturated rings. The molecule has 1 N–H and O–H groups in total. The van der Waals surface area contributed by atoms with Crippen molar-refractivity contribution in [3.8, 4) is 0 Å². The Labute approximate surface area is 155 Å². The molecule has 0 spiro atoms. The van der Waals surface area contributed by atoms with Gasteiger partial charge >= 0.3 is 0 Å². The third-order valence-corrected chi connectivity index (χ3v) is 7.22. The Hall–Kier alpha value is -0.790. The van der Waals surface area contributed by atoms with Crippen molar-refractivity contribution in [3.05, 3.63) is 0 Å². The number of amides is 2. The van der Waals surface area contributed by atoms with Crippen LogP contribution in [0.25, 0.3) is 0 Å². The van der Waals surface area contributed by atoms with Crippen molar-refractivity contribution in [3.63, 3.8) is 0 Å². The molecule has 0 aromatic carbocycles. The standard InChI is InChI=1S/C18H31N3O3S/c1-12-8-20(9-13(2)24-12)17(3,4)11-19-16(23)14-10-25-18(5)7-6-15(22)21(14)18/h12-14H,6-11H2,1-5H3,(H,19,23)/t12-,13+,14-,18+/m0/s1. The second-order valence-electron chi connectivity index (χ2n) is 8.46. The molecule has 0 unspecified atom stereocenters. The largest absolute Gasteiger partial charge is 0.373 e. The number of morpholine rings is 1. The molecular formula is C18H31N3O3S. The first-order valence-electron chi connectivity index (χ1n) is 9.27. The van der Waals surface area contributed by atoms with Gasteiger partial charge in [-0.05, 0) is 41.0 Å². The van der Waals surface area contributed by atoms with Gasteiger partial charge in [-0.2, -0.15) is 0 Å². The summed E-state index contributed by atoms with van der Waals surface area (Å²) in [7, 11) is 0. The highest BCUT2D eigenvalue weighted by atomic mass is 32.2. The maximum absolute atomic E-state index is 12.8. The molecule has 3 saturated heterocycles. The van der Waals surface area contributed by atoms with Crippen molar-refractivity contribution in [2.75, 3.05) is 25.4 Å². The van der Waals surface area contributed by atoms with Gasteiger partial charge in [0.2, 0.25) is 11.8 Å². The van der Waals surface area contributed by atoms with E-state index in [-0.39, 0.29) is 40.5 Å². The molecule has 7 heteroatoms. The number of fused-ring (bicyclic) bond motifs is 1. The molecule has 0 radical (unpaired) electrons. The van der Waals surface area contributed by atoms with Gasteiger partial charge < -0.3 is 15.0 Å². The highest BCUT2D eigenvalue weighted by Crippen LogP contribution is 2.47. The van der Waals surface area contributed by atoms with E-state index in [0.717, 1.165) is 19.5 Å². The first-order chi connectivity index (χ1) is 11.6. The fourth-order valence-electron chi connectivity index (χ4n) is 4.22. The van der Waals surface area contributed by atoms with Crippen molar-refractivity contribution in [2.45, 2.75) is 76.1 Å². The van der Waals surface area contributed by atoms with Crippen LogP contribution in [0.15, 0.2) is 0 Å². The number of carbonyl (C=O) groups is 2. The molecular weight excluding hydrogens is 338 g/mol. The van der Waals surface area contributed by atoms with Crippen molar-refractivity contribution in [2.24, 2.45) is 0 Å². The van der Waals surface area contributed by atoms with Crippen LogP contribution in [0.4, 0.5) is 0 Å².